The van der Waals surface area contributed by atoms with Crippen LogP contribution in [-0.4, -0.2) is 25.8 Å². The topological polar surface area (TPSA) is 35.5 Å². The maximum Gasteiger partial charge on any atom is 0.332 e. The molecule has 0 heterocycles. The molecule has 3 nitrogen and oxygen atoms in total. The number of unbranched alkanes of at least 4 members (excludes halogenated alkanes) is 1. The Kier molecular flexibility index (Phi) is 7.39. The van der Waals surface area contributed by atoms with Gasteiger partial charge in [-0.3, -0.25) is 0 Å². The molecule has 0 aromatic rings. The number of carbonyl (C=O) groups is 1. The lowest BCUT2D eigenvalue weighted by Gasteiger charge is -2.17. The largest absolute Gasteiger partial charge is 0.464 e. The van der Waals surface area contributed by atoms with E-state index in [0.29, 0.717) is 13.2 Å². The molecule has 0 aliphatic carbocycles. The average molecular weight is 216 g/mol. The van der Waals surface area contributed by atoms with E-state index in [1.807, 2.05) is 0 Å². The highest BCUT2D eigenvalue weighted by Crippen LogP contribution is 2.17. The molecule has 0 saturated heterocycles. The van der Waals surface area contributed by atoms with Gasteiger partial charge >= 0.3 is 5.97 Å². The van der Waals surface area contributed by atoms with Gasteiger partial charge in [-0.05, 0) is 18.3 Å². The monoisotopic (exact) mass is 216 g/mol. The normalized spacial score (nSPS) is 11.5. The van der Waals surface area contributed by atoms with Gasteiger partial charge in [-0.1, -0.05) is 34.1 Å². The standard InChI is InChI=1S/C12H24O3/c1-5-6-8-15-11(13)10-14-9-7-12(2,3)4/h5-10H2,1-4H3. The van der Waals surface area contributed by atoms with Crippen molar-refractivity contribution in [3.05, 3.63) is 0 Å². The molecule has 0 unspecified atom stereocenters. The van der Waals surface area contributed by atoms with Crippen molar-refractivity contribution in [2.24, 2.45) is 5.41 Å². The van der Waals surface area contributed by atoms with Crippen molar-refractivity contribution in [1.82, 2.24) is 0 Å². The van der Waals surface area contributed by atoms with Crippen LogP contribution in [0.3, 0.4) is 0 Å². The van der Waals surface area contributed by atoms with Crippen molar-refractivity contribution in [2.75, 3.05) is 19.8 Å². The fraction of sp³-hybridized carbons (Fsp3) is 0.917. The predicted octanol–water partition coefficient (Wildman–Crippen LogP) is 2.78. The van der Waals surface area contributed by atoms with Crippen LogP contribution in [0.25, 0.3) is 0 Å². The summed E-state index contributed by atoms with van der Waals surface area (Å²) in [6.45, 7) is 9.72. The minimum Gasteiger partial charge on any atom is -0.464 e. The van der Waals surface area contributed by atoms with Crippen LogP contribution in [0.1, 0.15) is 47.0 Å². The summed E-state index contributed by atoms with van der Waals surface area (Å²) in [4.78, 5) is 11.1. The highest BCUT2D eigenvalue weighted by atomic mass is 16.6. The molecule has 3 heteroatoms. The van der Waals surface area contributed by atoms with Crippen molar-refractivity contribution < 1.29 is 14.3 Å². The number of ether oxygens (including phenoxy) is 2. The molecule has 90 valence electrons. The van der Waals surface area contributed by atoms with E-state index in [1.54, 1.807) is 0 Å². The lowest BCUT2D eigenvalue weighted by molar-refractivity contribution is -0.149. The Morgan fingerprint density at radius 1 is 1.20 bits per heavy atom. The van der Waals surface area contributed by atoms with Gasteiger partial charge in [0.15, 0.2) is 0 Å². The van der Waals surface area contributed by atoms with Crippen LogP contribution in [0.2, 0.25) is 0 Å². The van der Waals surface area contributed by atoms with Gasteiger partial charge < -0.3 is 9.47 Å². The fourth-order valence-electron chi connectivity index (χ4n) is 0.906. The van der Waals surface area contributed by atoms with Gasteiger partial charge in [0.25, 0.3) is 0 Å². The van der Waals surface area contributed by atoms with E-state index >= 15 is 0 Å². The maximum absolute atomic E-state index is 11.1. The average Bonchev–Trinajstić information content (AvgIpc) is 2.11. The van der Waals surface area contributed by atoms with Gasteiger partial charge in [-0.15, -0.1) is 0 Å². The number of hydrogen-bond acceptors (Lipinski definition) is 3. The Labute approximate surface area is 93.1 Å². The third-order valence-corrected chi connectivity index (χ3v) is 1.98. The molecule has 0 spiro atoms. The van der Waals surface area contributed by atoms with Crippen molar-refractivity contribution in [2.45, 2.75) is 47.0 Å². The summed E-state index contributed by atoms with van der Waals surface area (Å²) in [6.07, 6.45) is 2.92. The highest BCUT2D eigenvalue weighted by Gasteiger charge is 2.10. The van der Waals surface area contributed by atoms with Crippen LogP contribution in [0.5, 0.6) is 0 Å². The summed E-state index contributed by atoms with van der Waals surface area (Å²) in [5.74, 6) is -0.252. The van der Waals surface area contributed by atoms with Gasteiger partial charge in [0.2, 0.25) is 0 Å². The SMILES string of the molecule is CCCCOC(=O)COCCC(C)(C)C. The van der Waals surface area contributed by atoms with Gasteiger partial charge in [-0.2, -0.15) is 0 Å². The molecule has 0 aromatic heterocycles. The summed E-state index contributed by atoms with van der Waals surface area (Å²) in [6, 6.07) is 0. The van der Waals surface area contributed by atoms with Crippen molar-refractivity contribution in [1.29, 1.82) is 0 Å². The Bertz CT molecular complexity index is 170. The zero-order chi connectivity index (χ0) is 11.7. The summed E-state index contributed by atoms with van der Waals surface area (Å²) in [5, 5.41) is 0. The van der Waals surface area contributed by atoms with Gasteiger partial charge in [0.1, 0.15) is 6.61 Å². The summed E-state index contributed by atoms with van der Waals surface area (Å²) in [7, 11) is 0. The molecule has 0 N–H and O–H groups in total. The molecule has 0 aliphatic heterocycles. The third kappa shape index (κ3) is 11.4. The summed E-state index contributed by atoms with van der Waals surface area (Å²) >= 11 is 0. The number of hydrogen-bond donors (Lipinski definition) is 0. The number of rotatable bonds is 7. The second-order valence-corrected chi connectivity index (χ2v) is 4.94. The molecule has 0 atom stereocenters. The molecule has 0 amide bonds. The molecule has 0 fully saturated rings. The van der Waals surface area contributed by atoms with Crippen LogP contribution in [0.15, 0.2) is 0 Å². The quantitative estimate of drug-likeness (QED) is 0.485. The lowest BCUT2D eigenvalue weighted by atomic mass is 9.93. The first-order valence-electron chi connectivity index (χ1n) is 5.69. The zero-order valence-corrected chi connectivity index (χ0v) is 10.5. The third-order valence-electron chi connectivity index (χ3n) is 1.98. The van der Waals surface area contributed by atoms with Crippen LogP contribution in [-0.2, 0) is 14.3 Å². The highest BCUT2D eigenvalue weighted by molar-refractivity contribution is 5.70. The summed E-state index contributed by atoms with van der Waals surface area (Å²) in [5.41, 5.74) is 0.256. The lowest BCUT2D eigenvalue weighted by Crippen LogP contribution is -2.16. The van der Waals surface area contributed by atoms with E-state index in [1.165, 1.54) is 0 Å². The molecular formula is C12H24O3. The molecular weight excluding hydrogens is 192 g/mol. The molecule has 0 saturated carbocycles. The minimum absolute atomic E-state index is 0.0831. The molecule has 15 heavy (non-hydrogen) atoms. The van der Waals surface area contributed by atoms with Crippen LogP contribution >= 0.6 is 0 Å². The van der Waals surface area contributed by atoms with E-state index in [-0.39, 0.29) is 18.0 Å². The Hall–Kier alpha value is -0.570. The predicted molar refractivity (Wildman–Crippen MR) is 60.8 cm³/mol. The van der Waals surface area contributed by atoms with E-state index in [9.17, 15) is 4.79 Å². The smallest absolute Gasteiger partial charge is 0.332 e. The molecule has 0 aromatic carbocycles. The van der Waals surface area contributed by atoms with Crippen molar-refractivity contribution in [3.8, 4) is 0 Å². The van der Waals surface area contributed by atoms with Crippen LogP contribution in [0, 0.1) is 5.41 Å². The van der Waals surface area contributed by atoms with Gasteiger partial charge in [0, 0.05) is 6.61 Å². The Morgan fingerprint density at radius 3 is 2.40 bits per heavy atom. The van der Waals surface area contributed by atoms with E-state index in [2.05, 4.69) is 27.7 Å². The van der Waals surface area contributed by atoms with E-state index in [4.69, 9.17) is 9.47 Å². The first-order valence-corrected chi connectivity index (χ1v) is 5.69. The van der Waals surface area contributed by atoms with E-state index < -0.39 is 0 Å². The van der Waals surface area contributed by atoms with E-state index in [0.717, 1.165) is 19.3 Å². The first-order chi connectivity index (χ1) is 6.95. The van der Waals surface area contributed by atoms with Crippen LogP contribution < -0.4 is 0 Å². The Balaban J connectivity index is 3.32. The second-order valence-electron chi connectivity index (χ2n) is 4.94. The van der Waals surface area contributed by atoms with Crippen LogP contribution in [0.4, 0.5) is 0 Å². The van der Waals surface area contributed by atoms with Crippen molar-refractivity contribution in [3.63, 3.8) is 0 Å². The minimum atomic E-state index is -0.252. The fourth-order valence-corrected chi connectivity index (χ4v) is 0.906. The maximum atomic E-state index is 11.1. The number of carbonyl (C=O) groups excluding carboxylic acids is 1. The van der Waals surface area contributed by atoms with Gasteiger partial charge in [0.05, 0.1) is 6.61 Å². The Morgan fingerprint density at radius 2 is 1.87 bits per heavy atom. The summed E-state index contributed by atoms with van der Waals surface area (Å²) < 4.78 is 10.2. The van der Waals surface area contributed by atoms with Crippen molar-refractivity contribution >= 4 is 5.97 Å². The molecule has 0 radical (unpaired) electrons. The molecule has 0 rings (SSSR count). The number of esters is 1. The zero-order valence-electron chi connectivity index (χ0n) is 10.5. The molecule has 0 bridgehead atoms. The molecule has 0 aliphatic rings. The first kappa shape index (κ1) is 14.4. The van der Waals surface area contributed by atoms with Gasteiger partial charge in [-0.25, -0.2) is 4.79 Å². The second kappa shape index (κ2) is 7.69.